The van der Waals surface area contributed by atoms with Gasteiger partial charge in [0.25, 0.3) is 11.5 Å². The van der Waals surface area contributed by atoms with Crippen molar-refractivity contribution in [3.05, 3.63) is 75.3 Å². The minimum atomic E-state index is -0.395. The van der Waals surface area contributed by atoms with Crippen molar-refractivity contribution >= 4 is 28.4 Å². The highest BCUT2D eigenvalue weighted by molar-refractivity contribution is 6.33. The van der Waals surface area contributed by atoms with Crippen molar-refractivity contribution < 1.29 is 9.53 Å². The van der Waals surface area contributed by atoms with Crippen LogP contribution in [0.3, 0.4) is 0 Å². The van der Waals surface area contributed by atoms with Crippen molar-refractivity contribution in [1.82, 2.24) is 14.5 Å². The van der Waals surface area contributed by atoms with Gasteiger partial charge in [-0.3, -0.25) is 14.2 Å². The third-order valence-corrected chi connectivity index (χ3v) is 5.32. The Morgan fingerprint density at radius 3 is 2.59 bits per heavy atom. The predicted octanol–water partition coefficient (Wildman–Crippen LogP) is 3.92. The Balaban J connectivity index is 2.11. The number of ether oxygens (including phenoxy) is 1. The predicted molar refractivity (Wildman–Crippen MR) is 114 cm³/mol. The Morgan fingerprint density at radius 1 is 1.21 bits per heavy atom. The molecule has 0 N–H and O–H groups in total. The summed E-state index contributed by atoms with van der Waals surface area (Å²) in [5.41, 5.74) is 0.889. The van der Waals surface area contributed by atoms with Gasteiger partial charge in [-0.1, -0.05) is 42.8 Å². The molecular formula is C22H24ClN3O3. The molecule has 1 amide bonds. The maximum atomic E-state index is 13.1. The van der Waals surface area contributed by atoms with E-state index in [1.54, 1.807) is 54.0 Å². The number of carbonyl (C=O) groups excluding carboxylic acids is 1. The number of fused-ring (bicyclic) bond motifs is 1. The molecule has 152 valence electrons. The van der Waals surface area contributed by atoms with E-state index >= 15 is 0 Å². The number of carbonyl (C=O) groups is 1. The Bertz CT molecular complexity index is 1080. The lowest BCUT2D eigenvalue weighted by Gasteiger charge is -2.29. The summed E-state index contributed by atoms with van der Waals surface area (Å²) in [6.45, 7) is 2.68. The molecule has 1 unspecified atom stereocenters. The summed E-state index contributed by atoms with van der Waals surface area (Å²) in [6.07, 6.45) is 0.588. The van der Waals surface area contributed by atoms with E-state index < -0.39 is 6.04 Å². The van der Waals surface area contributed by atoms with E-state index in [9.17, 15) is 9.59 Å². The summed E-state index contributed by atoms with van der Waals surface area (Å²) in [5, 5.41) is 0.935. The molecule has 0 aliphatic carbocycles. The van der Waals surface area contributed by atoms with E-state index in [0.29, 0.717) is 46.9 Å². The smallest absolute Gasteiger partial charge is 0.261 e. The summed E-state index contributed by atoms with van der Waals surface area (Å²) in [6, 6.07) is 13.8. The molecule has 6 nitrogen and oxygen atoms in total. The number of nitrogens with zero attached hydrogens (tertiary/aromatic N) is 3. The van der Waals surface area contributed by atoms with E-state index in [4.69, 9.17) is 21.3 Å². The molecular weight excluding hydrogens is 390 g/mol. The summed E-state index contributed by atoms with van der Waals surface area (Å²) >= 11 is 6.23. The summed E-state index contributed by atoms with van der Waals surface area (Å²) < 4.78 is 6.80. The number of hydrogen-bond acceptors (Lipinski definition) is 4. The zero-order valence-corrected chi connectivity index (χ0v) is 17.5. The highest BCUT2D eigenvalue weighted by atomic mass is 35.5. The van der Waals surface area contributed by atoms with Gasteiger partial charge in [-0.15, -0.1) is 0 Å². The van der Waals surface area contributed by atoms with E-state index in [0.717, 1.165) is 0 Å². The summed E-state index contributed by atoms with van der Waals surface area (Å²) in [5.74, 6) is 0.319. The molecule has 7 heteroatoms. The van der Waals surface area contributed by atoms with Gasteiger partial charge in [0.15, 0.2) is 0 Å². The van der Waals surface area contributed by atoms with Crippen LogP contribution in [0, 0.1) is 0 Å². The molecule has 0 radical (unpaired) electrons. The number of amides is 1. The van der Waals surface area contributed by atoms with Crippen LogP contribution in [0.25, 0.3) is 10.9 Å². The molecule has 0 bridgehead atoms. The molecule has 3 rings (SSSR count). The molecule has 0 spiro atoms. The van der Waals surface area contributed by atoms with Crippen molar-refractivity contribution in [1.29, 1.82) is 0 Å². The second-order valence-electron chi connectivity index (χ2n) is 6.76. The molecule has 29 heavy (non-hydrogen) atoms. The zero-order chi connectivity index (χ0) is 21.0. The quantitative estimate of drug-likeness (QED) is 0.589. The highest BCUT2D eigenvalue weighted by Crippen LogP contribution is 2.26. The van der Waals surface area contributed by atoms with Gasteiger partial charge in [0.05, 0.1) is 40.7 Å². The number of halogens is 1. The van der Waals surface area contributed by atoms with Gasteiger partial charge < -0.3 is 9.64 Å². The van der Waals surface area contributed by atoms with Crippen LogP contribution >= 0.6 is 11.6 Å². The lowest BCUT2D eigenvalue weighted by Crippen LogP contribution is -2.37. The molecule has 3 aromatic rings. The van der Waals surface area contributed by atoms with Crippen LogP contribution < -0.4 is 5.56 Å². The van der Waals surface area contributed by atoms with Crippen LogP contribution in [-0.4, -0.2) is 41.1 Å². The Hall–Kier alpha value is -2.70. The molecule has 1 heterocycles. The van der Waals surface area contributed by atoms with Crippen LogP contribution in [0.1, 0.15) is 35.6 Å². The topological polar surface area (TPSA) is 64.4 Å². The molecule has 2 aromatic carbocycles. The van der Waals surface area contributed by atoms with Crippen molar-refractivity contribution in [3.63, 3.8) is 0 Å². The van der Waals surface area contributed by atoms with Crippen LogP contribution in [0.5, 0.6) is 0 Å². The number of para-hydroxylation sites is 1. The molecule has 0 saturated carbocycles. The third-order valence-electron chi connectivity index (χ3n) is 4.99. The van der Waals surface area contributed by atoms with Gasteiger partial charge in [-0.25, -0.2) is 4.98 Å². The molecule has 1 atom stereocenters. The third kappa shape index (κ3) is 4.18. The highest BCUT2D eigenvalue weighted by Gasteiger charge is 2.27. The second-order valence-corrected chi connectivity index (χ2v) is 7.16. The average molecular weight is 414 g/mol. The van der Waals surface area contributed by atoms with Crippen molar-refractivity contribution in [2.24, 2.45) is 0 Å². The minimum Gasteiger partial charge on any atom is -0.383 e. The Morgan fingerprint density at radius 2 is 1.90 bits per heavy atom. The fourth-order valence-corrected chi connectivity index (χ4v) is 3.65. The van der Waals surface area contributed by atoms with Crippen molar-refractivity contribution in [3.8, 4) is 0 Å². The van der Waals surface area contributed by atoms with Crippen molar-refractivity contribution in [2.75, 3.05) is 20.8 Å². The Kier molecular flexibility index (Phi) is 6.67. The SMILES string of the molecule is CCC(c1nc2ccccc2c(=O)n1CCOC)N(C)C(=O)c1ccccc1Cl. The summed E-state index contributed by atoms with van der Waals surface area (Å²) in [7, 11) is 3.30. The standard InChI is InChI=1S/C22H24ClN3O3/c1-4-19(25(2)21(27)15-9-5-7-11-17(15)23)20-24-18-12-8-6-10-16(18)22(28)26(20)13-14-29-3/h5-12,19H,4,13-14H2,1-3H3. The van der Waals surface area contributed by atoms with Crippen molar-refractivity contribution in [2.45, 2.75) is 25.9 Å². The fraction of sp³-hybridized carbons (Fsp3) is 0.318. The Labute approximate surface area is 174 Å². The maximum Gasteiger partial charge on any atom is 0.261 e. The first kappa shape index (κ1) is 21.0. The molecule has 1 aromatic heterocycles. The number of methoxy groups -OCH3 is 1. The normalized spacial score (nSPS) is 12.1. The molecule has 0 fully saturated rings. The van der Waals surface area contributed by atoms with Gasteiger partial charge in [0.2, 0.25) is 0 Å². The fourth-order valence-electron chi connectivity index (χ4n) is 3.43. The maximum absolute atomic E-state index is 13.1. The summed E-state index contributed by atoms with van der Waals surface area (Å²) in [4.78, 5) is 32.6. The molecule has 0 saturated heterocycles. The molecule has 0 aliphatic heterocycles. The number of benzene rings is 2. The minimum absolute atomic E-state index is 0.139. The number of rotatable bonds is 7. The van der Waals surface area contributed by atoms with Crippen LogP contribution in [0.4, 0.5) is 0 Å². The number of aromatic nitrogens is 2. The van der Waals surface area contributed by atoms with Gasteiger partial charge in [-0.2, -0.15) is 0 Å². The van der Waals surface area contributed by atoms with E-state index in [-0.39, 0.29) is 11.5 Å². The first-order chi connectivity index (χ1) is 14.0. The zero-order valence-electron chi connectivity index (χ0n) is 16.8. The van der Waals surface area contributed by atoms with Gasteiger partial charge in [-0.05, 0) is 30.7 Å². The largest absolute Gasteiger partial charge is 0.383 e. The lowest BCUT2D eigenvalue weighted by molar-refractivity contribution is 0.0713. The van der Waals surface area contributed by atoms with E-state index in [1.165, 1.54) is 0 Å². The van der Waals surface area contributed by atoms with Crippen LogP contribution in [0.2, 0.25) is 5.02 Å². The van der Waals surface area contributed by atoms with Crippen LogP contribution in [-0.2, 0) is 11.3 Å². The van der Waals surface area contributed by atoms with Gasteiger partial charge >= 0.3 is 0 Å². The van der Waals surface area contributed by atoms with E-state index in [2.05, 4.69) is 0 Å². The van der Waals surface area contributed by atoms with Gasteiger partial charge in [0.1, 0.15) is 5.82 Å². The molecule has 0 aliphatic rings. The number of hydrogen-bond donors (Lipinski definition) is 0. The first-order valence-corrected chi connectivity index (χ1v) is 9.87. The monoisotopic (exact) mass is 413 g/mol. The lowest BCUT2D eigenvalue weighted by atomic mass is 10.1. The average Bonchev–Trinajstić information content (AvgIpc) is 2.74. The second kappa shape index (κ2) is 9.20. The van der Waals surface area contributed by atoms with Gasteiger partial charge in [0, 0.05) is 14.2 Å². The van der Waals surface area contributed by atoms with Crippen LogP contribution in [0.15, 0.2) is 53.3 Å². The van der Waals surface area contributed by atoms with E-state index in [1.807, 2.05) is 25.1 Å². The first-order valence-electron chi connectivity index (χ1n) is 9.49.